The zero-order valence-electron chi connectivity index (χ0n) is 12.1. The van der Waals surface area contributed by atoms with Crippen LogP contribution in [0.3, 0.4) is 0 Å². The van der Waals surface area contributed by atoms with Crippen LogP contribution < -0.4 is 5.32 Å². The summed E-state index contributed by atoms with van der Waals surface area (Å²) in [5.41, 5.74) is 6.10. The Labute approximate surface area is 127 Å². The van der Waals surface area contributed by atoms with E-state index in [4.69, 9.17) is 5.21 Å². The van der Waals surface area contributed by atoms with E-state index in [0.29, 0.717) is 5.56 Å². The molecule has 0 radical (unpaired) electrons. The highest BCUT2D eigenvalue weighted by molar-refractivity contribution is 6.54. The first-order chi connectivity index (χ1) is 10.7. The first kappa shape index (κ1) is 13.0. The Morgan fingerprint density at radius 3 is 2.59 bits per heavy atom. The Bertz CT molecular complexity index is 812. The van der Waals surface area contributed by atoms with E-state index < -0.39 is 0 Å². The molecule has 4 rings (SSSR count). The zero-order valence-corrected chi connectivity index (χ0v) is 12.1. The fraction of sp³-hybridized carbons (Fsp3) is 0.176. The van der Waals surface area contributed by atoms with Gasteiger partial charge in [-0.05, 0) is 35.4 Å². The van der Waals surface area contributed by atoms with E-state index in [1.807, 2.05) is 24.3 Å². The Balaban J connectivity index is 2.01. The van der Waals surface area contributed by atoms with Crippen molar-refractivity contribution < 1.29 is 10.0 Å². The summed E-state index contributed by atoms with van der Waals surface area (Å²) in [7, 11) is 2.05. The molecule has 5 nitrogen and oxygen atoms in total. The van der Waals surface area contributed by atoms with Gasteiger partial charge in [-0.25, -0.2) is 0 Å². The fourth-order valence-corrected chi connectivity index (χ4v) is 3.33. The van der Waals surface area contributed by atoms with Crippen molar-refractivity contribution in [3.8, 4) is 11.1 Å². The largest absolute Gasteiger partial charge is 0.410 e. The van der Waals surface area contributed by atoms with Crippen LogP contribution in [0.2, 0.25) is 0 Å². The lowest BCUT2D eigenvalue weighted by molar-refractivity contribution is -0.110. The van der Waals surface area contributed by atoms with Crippen LogP contribution in [0.5, 0.6) is 0 Å². The van der Waals surface area contributed by atoms with Gasteiger partial charge >= 0.3 is 0 Å². The van der Waals surface area contributed by atoms with Crippen LogP contribution in [0, 0.1) is 0 Å². The molecule has 2 aliphatic heterocycles. The molecule has 2 aromatic rings. The summed E-state index contributed by atoms with van der Waals surface area (Å²) in [4.78, 5) is 14.2. The van der Waals surface area contributed by atoms with Crippen molar-refractivity contribution >= 4 is 17.3 Å². The third kappa shape index (κ3) is 1.76. The number of oxime groups is 1. The van der Waals surface area contributed by atoms with Gasteiger partial charge in [-0.15, -0.1) is 0 Å². The minimum atomic E-state index is -0.348. The summed E-state index contributed by atoms with van der Waals surface area (Å²) >= 11 is 0. The lowest BCUT2D eigenvalue weighted by atomic mass is 9.92. The third-order valence-corrected chi connectivity index (χ3v) is 4.30. The number of benzene rings is 2. The van der Waals surface area contributed by atoms with Gasteiger partial charge in [0.15, 0.2) is 5.71 Å². The van der Waals surface area contributed by atoms with Crippen molar-refractivity contribution in [1.82, 2.24) is 4.90 Å². The molecule has 0 unspecified atom stereocenters. The Kier molecular flexibility index (Phi) is 2.77. The minimum absolute atomic E-state index is 0.0875. The summed E-state index contributed by atoms with van der Waals surface area (Å²) in [6.07, 6.45) is 0. The third-order valence-electron chi connectivity index (χ3n) is 4.30. The first-order valence-corrected chi connectivity index (χ1v) is 7.15. The second kappa shape index (κ2) is 4.68. The van der Waals surface area contributed by atoms with Crippen molar-refractivity contribution in [2.45, 2.75) is 13.1 Å². The molecule has 0 fully saturated rings. The van der Waals surface area contributed by atoms with Crippen LogP contribution in [0.15, 0.2) is 41.6 Å². The number of rotatable bonds is 1. The number of anilines is 1. The number of amides is 1. The summed E-state index contributed by atoms with van der Waals surface area (Å²) in [6.45, 7) is 1.62. The number of nitrogens with one attached hydrogen (secondary N) is 1. The number of fused-ring (bicyclic) bond motifs is 3. The molecule has 0 bridgehead atoms. The zero-order chi connectivity index (χ0) is 15.3. The predicted octanol–water partition coefficient (Wildman–Crippen LogP) is 2.43. The minimum Gasteiger partial charge on any atom is -0.410 e. The second-order valence-corrected chi connectivity index (χ2v) is 5.74. The van der Waals surface area contributed by atoms with Crippen molar-refractivity contribution in [2.24, 2.45) is 5.16 Å². The molecular weight excluding hydrogens is 278 g/mol. The predicted molar refractivity (Wildman–Crippen MR) is 84.0 cm³/mol. The highest BCUT2D eigenvalue weighted by Crippen LogP contribution is 2.41. The molecule has 2 heterocycles. The second-order valence-electron chi connectivity index (χ2n) is 5.74. The van der Waals surface area contributed by atoms with E-state index in [0.717, 1.165) is 35.5 Å². The van der Waals surface area contributed by atoms with E-state index in [1.54, 1.807) is 0 Å². The molecule has 22 heavy (non-hydrogen) atoms. The molecule has 5 heteroatoms. The average Bonchev–Trinajstić information content (AvgIpc) is 3.06. The van der Waals surface area contributed by atoms with Crippen LogP contribution >= 0.6 is 0 Å². The van der Waals surface area contributed by atoms with Gasteiger partial charge < -0.3 is 10.5 Å². The van der Waals surface area contributed by atoms with Gasteiger partial charge in [-0.2, -0.15) is 0 Å². The van der Waals surface area contributed by atoms with E-state index in [-0.39, 0.29) is 11.6 Å². The Morgan fingerprint density at radius 1 is 1.14 bits per heavy atom. The lowest BCUT2D eigenvalue weighted by Crippen LogP contribution is -2.14. The fourth-order valence-electron chi connectivity index (χ4n) is 3.33. The SMILES string of the molecule is CN1Cc2c(-c3ccccc3)cc3c(c2C1)NC(=O)C3=NO. The molecule has 0 aliphatic carbocycles. The smallest absolute Gasteiger partial charge is 0.278 e. The van der Waals surface area contributed by atoms with E-state index in [2.05, 4.69) is 34.6 Å². The van der Waals surface area contributed by atoms with Crippen LogP contribution in [0.4, 0.5) is 5.69 Å². The average molecular weight is 293 g/mol. The van der Waals surface area contributed by atoms with Gasteiger partial charge in [0.25, 0.3) is 5.91 Å². The molecule has 2 N–H and O–H groups in total. The van der Waals surface area contributed by atoms with Crippen LogP contribution in [0.1, 0.15) is 16.7 Å². The summed E-state index contributed by atoms with van der Waals surface area (Å²) in [5.74, 6) is -0.348. The standard InChI is InChI=1S/C17H15N3O2/c1-20-8-13-11(10-5-3-2-4-6-10)7-12-15(14(13)9-20)18-17(21)16(12)19-22/h2-7,22H,8-9H2,1H3,(H,18,19,21). The van der Waals surface area contributed by atoms with Crippen molar-refractivity contribution in [1.29, 1.82) is 0 Å². The molecule has 2 aromatic carbocycles. The normalized spacial score (nSPS) is 18.4. The van der Waals surface area contributed by atoms with Crippen LogP contribution in [-0.4, -0.2) is 28.8 Å². The van der Waals surface area contributed by atoms with Crippen molar-refractivity contribution in [2.75, 3.05) is 12.4 Å². The molecule has 0 saturated heterocycles. The van der Waals surface area contributed by atoms with E-state index in [9.17, 15) is 4.79 Å². The van der Waals surface area contributed by atoms with Gasteiger partial charge in [0.1, 0.15) is 0 Å². The quantitative estimate of drug-likeness (QED) is 0.627. The molecule has 2 aliphatic rings. The number of hydrogen-bond donors (Lipinski definition) is 2. The van der Waals surface area contributed by atoms with E-state index in [1.165, 1.54) is 5.56 Å². The van der Waals surface area contributed by atoms with Gasteiger partial charge in [0, 0.05) is 18.7 Å². The molecule has 1 amide bonds. The number of nitrogens with zero attached hydrogens (tertiary/aromatic N) is 2. The van der Waals surface area contributed by atoms with Crippen LogP contribution in [-0.2, 0) is 17.9 Å². The van der Waals surface area contributed by atoms with Gasteiger partial charge in [0.2, 0.25) is 0 Å². The summed E-state index contributed by atoms with van der Waals surface area (Å²) < 4.78 is 0. The highest BCUT2D eigenvalue weighted by atomic mass is 16.4. The lowest BCUT2D eigenvalue weighted by Gasteiger charge is -2.12. The summed E-state index contributed by atoms with van der Waals surface area (Å²) in [6, 6.07) is 12.0. The van der Waals surface area contributed by atoms with Crippen LogP contribution in [0.25, 0.3) is 11.1 Å². The maximum absolute atomic E-state index is 12.0. The molecule has 0 spiro atoms. The highest BCUT2D eigenvalue weighted by Gasteiger charge is 2.34. The van der Waals surface area contributed by atoms with Crippen molar-refractivity contribution in [3.63, 3.8) is 0 Å². The Hall–Kier alpha value is -2.66. The molecule has 0 atom stereocenters. The maximum Gasteiger partial charge on any atom is 0.278 e. The van der Waals surface area contributed by atoms with Crippen molar-refractivity contribution in [3.05, 3.63) is 53.1 Å². The maximum atomic E-state index is 12.0. The summed E-state index contributed by atoms with van der Waals surface area (Å²) in [5, 5.41) is 15.2. The molecule has 0 aromatic heterocycles. The van der Waals surface area contributed by atoms with E-state index >= 15 is 0 Å². The monoisotopic (exact) mass is 293 g/mol. The van der Waals surface area contributed by atoms with Gasteiger partial charge in [-0.1, -0.05) is 35.5 Å². The Morgan fingerprint density at radius 2 is 1.86 bits per heavy atom. The number of hydrogen-bond acceptors (Lipinski definition) is 4. The first-order valence-electron chi connectivity index (χ1n) is 7.15. The molecular formula is C17H15N3O2. The molecule has 110 valence electrons. The number of carbonyl (C=O) groups excluding carboxylic acids is 1. The number of carbonyl (C=O) groups is 1. The molecule has 0 saturated carbocycles. The van der Waals surface area contributed by atoms with Gasteiger partial charge in [-0.3, -0.25) is 9.69 Å². The topological polar surface area (TPSA) is 64.9 Å². The van der Waals surface area contributed by atoms with Gasteiger partial charge in [0.05, 0.1) is 5.69 Å².